The summed E-state index contributed by atoms with van der Waals surface area (Å²) >= 11 is 1.44. The minimum Gasteiger partial charge on any atom is -0.342 e. The third-order valence-electron chi connectivity index (χ3n) is 8.22. The Kier molecular flexibility index (Phi) is 8.30. The minimum absolute atomic E-state index is 0.0169. The molecule has 2 N–H and O–H groups in total. The molecule has 2 aliphatic heterocycles. The lowest BCUT2D eigenvalue weighted by Crippen LogP contribution is -2.55. The summed E-state index contributed by atoms with van der Waals surface area (Å²) < 4.78 is 0.991. The number of carbonyl (C=O) groups is 3. The number of anilines is 1. The molecule has 0 bridgehead atoms. The van der Waals surface area contributed by atoms with Crippen LogP contribution in [0.2, 0.25) is 0 Å². The van der Waals surface area contributed by atoms with E-state index in [2.05, 4.69) is 20.4 Å². The topological polar surface area (TPSA) is 85.0 Å². The van der Waals surface area contributed by atoms with Gasteiger partial charge in [-0.15, -0.1) is 11.3 Å². The van der Waals surface area contributed by atoms with Gasteiger partial charge in [-0.3, -0.25) is 19.8 Å². The lowest BCUT2D eigenvalue weighted by atomic mass is 9.87. The van der Waals surface area contributed by atoms with Crippen molar-refractivity contribution in [1.29, 1.82) is 0 Å². The van der Waals surface area contributed by atoms with Gasteiger partial charge in [0.15, 0.2) is 0 Å². The van der Waals surface area contributed by atoms with E-state index < -0.39 is 0 Å². The molecule has 3 fully saturated rings. The predicted octanol–water partition coefficient (Wildman–Crippen LogP) is 4.37. The molecule has 9 heteroatoms. The van der Waals surface area contributed by atoms with Crippen LogP contribution in [-0.4, -0.2) is 84.4 Å². The summed E-state index contributed by atoms with van der Waals surface area (Å²) in [7, 11) is 0. The Labute approximate surface area is 223 Å². The average Bonchev–Trinajstić information content (AvgIpc) is 3.30. The maximum absolute atomic E-state index is 13.7. The average molecular weight is 526 g/mol. The van der Waals surface area contributed by atoms with Crippen LogP contribution in [0.5, 0.6) is 0 Å². The SMILES string of the molecule is CCNC(=O)Nc1sc2ccccc2c1C(=O)N1CCN(C2CCN(C(=O)C3CCCCC3)CC2)CC1. The number of benzene rings is 1. The van der Waals surface area contributed by atoms with E-state index >= 15 is 0 Å². The molecule has 0 unspecified atom stereocenters. The van der Waals surface area contributed by atoms with Crippen LogP contribution in [0.15, 0.2) is 24.3 Å². The maximum Gasteiger partial charge on any atom is 0.319 e. The third-order valence-corrected chi connectivity index (χ3v) is 9.31. The first-order valence-corrected chi connectivity index (χ1v) is 14.7. The van der Waals surface area contributed by atoms with Gasteiger partial charge in [-0.2, -0.15) is 0 Å². The van der Waals surface area contributed by atoms with Crippen molar-refractivity contribution in [3.8, 4) is 0 Å². The first kappa shape index (κ1) is 26.0. The summed E-state index contributed by atoms with van der Waals surface area (Å²) in [5.74, 6) is 0.617. The molecule has 3 aliphatic rings. The van der Waals surface area contributed by atoms with Gasteiger partial charge in [0, 0.05) is 67.9 Å². The van der Waals surface area contributed by atoms with Crippen molar-refractivity contribution in [3.05, 3.63) is 29.8 Å². The number of amides is 4. The molecule has 1 aliphatic carbocycles. The number of nitrogens with zero attached hydrogens (tertiary/aromatic N) is 3. The van der Waals surface area contributed by atoms with Crippen LogP contribution in [0.1, 0.15) is 62.2 Å². The van der Waals surface area contributed by atoms with Gasteiger partial charge in [-0.05, 0) is 38.7 Å². The first-order chi connectivity index (χ1) is 18.0. The van der Waals surface area contributed by atoms with Gasteiger partial charge in [0.2, 0.25) is 5.91 Å². The number of thiophene rings is 1. The molecular weight excluding hydrogens is 486 g/mol. The van der Waals surface area contributed by atoms with E-state index in [-0.39, 0.29) is 17.9 Å². The maximum atomic E-state index is 13.7. The number of likely N-dealkylation sites (tertiary alicyclic amines) is 1. The monoisotopic (exact) mass is 525 g/mol. The smallest absolute Gasteiger partial charge is 0.319 e. The number of rotatable bonds is 5. The number of piperidine rings is 1. The van der Waals surface area contributed by atoms with Crippen molar-refractivity contribution >= 4 is 44.3 Å². The number of urea groups is 1. The summed E-state index contributed by atoms with van der Waals surface area (Å²) in [6, 6.07) is 8.02. The first-order valence-electron chi connectivity index (χ1n) is 13.9. The Bertz CT molecular complexity index is 1110. The molecule has 2 aromatic rings. The van der Waals surface area contributed by atoms with Crippen LogP contribution in [0.4, 0.5) is 9.80 Å². The minimum atomic E-state index is -0.291. The van der Waals surface area contributed by atoms with E-state index in [1.807, 2.05) is 36.1 Å². The van der Waals surface area contributed by atoms with E-state index in [0.717, 1.165) is 61.9 Å². The number of hydrogen-bond donors (Lipinski definition) is 2. The van der Waals surface area contributed by atoms with E-state index in [9.17, 15) is 14.4 Å². The summed E-state index contributed by atoms with van der Waals surface area (Å²) in [6.07, 6.45) is 7.82. The highest BCUT2D eigenvalue weighted by Crippen LogP contribution is 2.37. The quantitative estimate of drug-likeness (QED) is 0.607. The van der Waals surface area contributed by atoms with Crippen LogP contribution in [-0.2, 0) is 4.79 Å². The van der Waals surface area contributed by atoms with Gasteiger partial charge < -0.3 is 15.1 Å². The molecule has 0 spiro atoms. The lowest BCUT2D eigenvalue weighted by Gasteiger charge is -2.43. The number of carbonyl (C=O) groups excluding carboxylic acids is 3. The van der Waals surface area contributed by atoms with Crippen molar-refractivity contribution in [2.75, 3.05) is 51.1 Å². The summed E-state index contributed by atoms with van der Waals surface area (Å²) in [6.45, 7) is 7.13. The normalized spacial score (nSPS) is 20.2. The number of fused-ring (bicyclic) bond motifs is 1. The summed E-state index contributed by atoms with van der Waals surface area (Å²) in [5, 5.41) is 7.15. The summed E-state index contributed by atoms with van der Waals surface area (Å²) in [4.78, 5) is 45.4. The largest absolute Gasteiger partial charge is 0.342 e. The number of hydrogen-bond acceptors (Lipinski definition) is 5. The molecule has 4 amide bonds. The highest BCUT2D eigenvalue weighted by Gasteiger charge is 2.33. The fraction of sp³-hybridized carbons (Fsp3) is 0.607. The van der Waals surface area contributed by atoms with E-state index in [0.29, 0.717) is 42.1 Å². The van der Waals surface area contributed by atoms with Crippen LogP contribution >= 0.6 is 11.3 Å². The standard InChI is InChI=1S/C28H39N5O3S/c1-2-29-28(36)30-25-24(22-10-6-7-11-23(22)37-25)27(35)33-18-16-31(17-19-33)21-12-14-32(15-13-21)26(34)20-8-4-3-5-9-20/h6-7,10-11,20-21H,2-5,8-9,12-19H2,1H3,(H2,29,30,36). The summed E-state index contributed by atoms with van der Waals surface area (Å²) in [5.41, 5.74) is 0.592. The van der Waals surface area contributed by atoms with Crippen molar-refractivity contribution in [2.45, 2.75) is 57.9 Å². The van der Waals surface area contributed by atoms with Gasteiger partial charge in [0.05, 0.1) is 5.56 Å². The molecular formula is C28H39N5O3S. The second kappa shape index (κ2) is 11.8. The highest BCUT2D eigenvalue weighted by atomic mass is 32.1. The Hall–Kier alpha value is -2.65. The van der Waals surface area contributed by atoms with Crippen LogP contribution in [0, 0.1) is 5.92 Å². The van der Waals surface area contributed by atoms with Gasteiger partial charge in [-0.25, -0.2) is 4.79 Å². The molecule has 5 rings (SSSR count). The van der Waals surface area contributed by atoms with E-state index in [4.69, 9.17) is 0 Å². The Morgan fingerprint density at radius 2 is 1.59 bits per heavy atom. The molecule has 1 aromatic heterocycles. The van der Waals surface area contributed by atoms with Crippen molar-refractivity contribution in [1.82, 2.24) is 20.0 Å². The van der Waals surface area contributed by atoms with Crippen LogP contribution in [0.25, 0.3) is 10.1 Å². The fourth-order valence-electron chi connectivity index (χ4n) is 6.16. The van der Waals surface area contributed by atoms with Crippen LogP contribution < -0.4 is 10.6 Å². The molecule has 3 heterocycles. The van der Waals surface area contributed by atoms with Crippen molar-refractivity contribution < 1.29 is 14.4 Å². The van der Waals surface area contributed by atoms with Crippen molar-refractivity contribution in [2.24, 2.45) is 5.92 Å². The highest BCUT2D eigenvalue weighted by molar-refractivity contribution is 7.23. The lowest BCUT2D eigenvalue weighted by molar-refractivity contribution is -0.138. The van der Waals surface area contributed by atoms with Gasteiger partial charge in [-0.1, -0.05) is 37.5 Å². The molecule has 1 saturated carbocycles. The second-order valence-corrected chi connectivity index (χ2v) is 11.6. The van der Waals surface area contributed by atoms with Gasteiger partial charge >= 0.3 is 6.03 Å². The zero-order valence-corrected chi connectivity index (χ0v) is 22.7. The van der Waals surface area contributed by atoms with Crippen LogP contribution in [0.3, 0.4) is 0 Å². The molecule has 8 nitrogen and oxygen atoms in total. The van der Waals surface area contributed by atoms with Gasteiger partial charge in [0.1, 0.15) is 5.00 Å². The number of nitrogens with one attached hydrogen (secondary N) is 2. The van der Waals surface area contributed by atoms with Crippen molar-refractivity contribution in [3.63, 3.8) is 0 Å². The molecule has 2 saturated heterocycles. The fourth-order valence-corrected chi connectivity index (χ4v) is 7.25. The molecule has 0 atom stereocenters. The Morgan fingerprint density at radius 3 is 2.30 bits per heavy atom. The second-order valence-electron chi connectivity index (χ2n) is 10.5. The Balaban J connectivity index is 1.18. The van der Waals surface area contributed by atoms with Gasteiger partial charge in [0.25, 0.3) is 5.91 Å². The molecule has 1 aromatic carbocycles. The third kappa shape index (κ3) is 5.77. The zero-order valence-electron chi connectivity index (χ0n) is 21.8. The molecule has 0 radical (unpaired) electrons. The van der Waals surface area contributed by atoms with E-state index in [1.54, 1.807) is 0 Å². The molecule has 200 valence electrons. The zero-order chi connectivity index (χ0) is 25.8. The molecule has 37 heavy (non-hydrogen) atoms. The Morgan fingerprint density at radius 1 is 0.892 bits per heavy atom. The van der Waals surface area contributed by atoms with E-state index in [1.165, 1.54) is 30.6 Å². The number of piperazine rings is 1. The predicted molar refractivity (Wildman–Crippen MR) is 148 cm³/mol.